The summed E-state index contributed by atoms with van der Waals surface area (Å²) >= 11 is 0. The first kappa shape index (κ1) is 24.1. The van der Waals surface area contributed by atoms with Gasteiger partial charge in [0.05, 0.1) is 0 Å². The van der Waals surface area contributed by atoms with Crippen LogP contribution >= 0.6 is 21.6 Å². The molecule has 2 aromatic rings. The van der Waals surface area contributed by atoms with Gasteiger partial charge in [-0.3, -0.25) is 9.11 Å². The second-order valence-electron chi connectivity index (χ2n) is 4.16. The molecule has 25 heavy (non-hydrogen) atoms. The molecule has 0 spiro atoms. The molecule has 8 nitrogen and oxygen atoms in total. The van der Waals surface area contributed by atoms with Gasteiger partial charge in [-0.25, -0.2) is 0 Å². The Labute approximate surface area is 163 Å². The Hall–Kier alpha value is -0.934. The first-order chi connectivity index (χ1) is 10.9. The molecule has 0 aromatic heterocycles. The molecular formula is C12H14CoN2O6S4. The minimum Gasteiger partial charge on any atom is -0.399 e. The van der Waals surface area contributed by atoms with Crippen molar-refractivity contribution >= 4 is 51.3 Å². The Bertz CT molecular complexity index is 795. The van der Waals surface area contributed by atoms with E-state index < -0.39 is 18.3 Å². The zero-order chi connectivity index (χ0) is 18.4. The Kier molecular flexibility index (Phi) is 9.89. The number of benzene rings is 2. The third-order valence-corrected chi connectivity index (χ3v) is 5.93. The van der Waals surface area contributed by atoms with Crippen LogP contribution in [0.25, 0.3) is 0 Å². The maximum atomic E-state index is 10.4. The number of anilines is 2. The number of rotatable bonds is 4. The van der Waals surface area contributed by atoms with Crippen LogP contribution in [-0.2, 0) is 35.1 Å². The van der Waals surface area contributed by atoms with Crippen molar-refractivity contribution in [3.8, 4) is 0 Å². The molecule has 2 rings (SSSR count). The molecule has 0 amide bonds. The van der Waals surface area contributed by atoms with E-state index in [0.717, 1.165) is 0 Å². The summed E-state index contributed by atoms with van der Waals surface area (Å²) in [6.07, 6.45) is 0. The number of nitrogen functional groups attached to an aromatic ring is 2. The summed E-state index contributed by atoms with van der Waals surface area (Å²) in [6.45, 7) is 0. The molecule has 13 heteroatoms. The summed E-state index contributed by atoms with van der Waals surface area (Å²) in [5, 5.41) is 0. The van der Waals surface area contributed by atoms with E-state index in [1.165, 1.54) is 24.3 Å². The van der Waals surface area contributed by atoms with Crippen LogP contribution in [0.5, 0.6) is 0 Å². The van der Waals surface area contributed by atoms with Crippen molar-refractivity contribution in [3.05, 3.63) is 48.5 Å². The largest absolute Gasteiger partial charge is 0.399 e. The van der Waals surface area contributed by atoms with Crippen molar-refractivity contribution in [2.75, 3.05) is 11.5 Å². The first-order valence-corrected chi connectivity index (χ1v) is 11.5. The van der Waals surface area contributed by atoms with Crippen LogP contribution in [0.15, 0.2) is 58.3 Å². The Balaban J connectivity index is 0.000000443. The van der Waals surface area contributed by atoms with Crippen LogP contribution in [0.1, 0.15) is 0 Å². The summed E-state index contributed by atoms with van der Waals surface area (Å²) in [5.74, 6) is 0. The summed E-state index contributed by atoms with van der Waals surface area (Å²) < 4.78 is 58.4. The van der Waals surface area contributed by atoms with Crippen molar-refractivity contribution in [1.82, 2.24) is 0 Å². The third kappa shape index (κ3) is 12.1. The molecule has 2 aromatic carbocycles. The molecule has 0 saturated heterocycles. The van der Waals surface area contributed by atoms with Crippen LogP contribution in [0, 0.1) is 0 Å². The predicted octanol–water partition coefficient (Wildman–Crippen LogP) is 2.32. The van der Waals surface area contributed by atoms with Gasteiger partial charge in [0.15, 0.2) is 0 Å². The predicted molar refractivity (Wildman–Crippen MR) is 96.5 cm³/mol. The van der Waals surface area contributed by atoms with E-state index in [9.17, 15) is 16.8 Å². The zero-order valence-electron chi connectivity index (χ0n) is 12.3. The van der Waals surface area contributed by atoms with Gasteiger partial charge in [-0.1, -0.05) is 0 Å². The molecular weight excluding hydrogens is 455 g/mol. The summed E-state index contributed by atoms with van der Waals surface area (Å²) in [7, 11) is -7.27. The molecule has 0 saturated carbocycles. The molecule has 6 N–H and O–H groups in total. The fourth-order valence-electron chi connectivity index (χ4n) is 1.29. The van der Waals surface area contributed by atoms with Crippen LogP contribution in [0.2, 0.25) is 0 Å². The van der Waals surface area contributed by atoms with Crippen LogP contribution in [-0.4, -0.2) is 25.9 Å². The van der Waals surface area contributed by atoms with Crippen molar-refractivity contribution in [2.45, 2.75) is 9.79 Å². The normalized spacial score (nSPS) is 11.0. The monoisotopic (exact) mass is 469 g/mol. The molecule has 0 aliphatic heterocycles. The Morgan fingerprint density at radius 1 is 0.640 bits per heavy atom. The second kappa shape index (κ2) is 10.3. The zero-order valence-corrected chi connectivity index (χ0v) is 16.6. The topological polar surface area (TPSA) is 161 Å². The fourth-order valence-corrected chi connectivity index (χ4v) is 4.40. The quantitative estimate of drug-likeness (QED) is 0.297. The van der Waals surface area contributed by atoms with Crippen molar-refractivity contribution in [1.29, 1.82) is 0 Å². The van der Waals surface area contributed by atoms with Gasteiger partial charge in [-0.15, -0.1) is 0 Å². The van der Waals surface area contributed by atoms with Gasteiger partial charge in [0.25, 0.3) is 0 Å². The molecule has 0 atom stereocenters. The number of hydrogen-bond donors (Lipinski definition) is 4. The van der Waals surface area contributed by atoms with Gasteiger partial charge >= 0.3 is 18.3 Å². The molecule has 0 bridgehead atoms. The Morgan fingerprint density at radius 2 is 0.880 bits per heavy atom. The smallest absolute Gasteiger partial charge is 0.324 e. The van der Waals surface area contributed by atoms with Gasteiger partial charge in [0.2, 0.25) is 0 Å². The van der Waals surface area contributed by atoms with E-state index in [-0.39, 0.29) is 16.8 Å². The van der Waals surface area contributed by atoms with Gasteiger partial charge in [-0.05, 0) is 48.5 Å². The summed E-state index contributed by atoms with van der Waals surface area (Å²) in [4.78, 5) is 0.874. The molecule has 0 aliphatic carbocycles. The van der Waals surface area contributed by atoms with E-state index in [2.05, 4.69) is 0 Å². The van der Waals surface area contributed by atoms with Crippen LogP contribution < -0.4 is 11.5 Å². The molecule has 0 fully saturated rings. The van der Waals surface area contributed by atoms with Crippen molar-refractivity contribution in [2.24, 2.45) is 0 Å². The van der Waals surface area contributed by atoms with E-state index in [1.54, 1.807) is 24.3 Å². The maximum Gasteiger partial charge on any atom is 0.324 e. The van der Waals surface area contributed by atoms with E-state index >= 15 is 0 Å². The minimum atomic E-state index is -4.01. The molecule has 0 aliphatic rings. The van der Waals surface area contributed by atoms with Crippen LogP contribution in [0.3, 0.4) is 0 Å². The first-order valence-electron chi connectivity index (χ1n) is 5.99. The standard InChI is InChI=1S/2C6H7NO3S2.Co/c2*7-5-1-3-6(4-2-5)11-12(8,9)10;/h2*1-4H,7H2,(H,8,9,10);. The fraction of sp³-hybridized carbons (Fsp3) is 0. The van der Waals surface area contributed by atoms with Gasteiger partial charge in [-0.2, -0.15) is 16.8 Å². The average Bonchev–Trinajstić information content (AvgIpc) is 2.42. The minimum absolute atomic E-state index is 0. The van der Waals surface area contributed by atoms with Gasteiger partial charge in [0, 0.05) is 59.5 Å². The maximum absolute atomic E-state index is 10.4. The number of nitrogens with two attached hydrogens (primary N) is 2. The van der Waals surface area contributed by atoms with Gasteiger partial charge in [0.1, 0.15) is 0 Å². The SMILES string of the molecule is Nc1ccc(SS(=O)(=O)O)cc1.Nc1ccc(SS(=O)(=O)O)cc1.[Co]. The Morgan fingerprint density at radius 3 is 1.08 bits per heavy atom. The average molecular weight is 469 g/mol. The van der Waals surface area contributed by atoms with Gasteiger partial charge < -0.3 is 11.5 Å². The molecule has 141 valence electrons. The van der Waals surface area contributed by atoms with Crippen molar-refractivity contribution < 1.29 is 42.7 Å². The molecule has 1 radical (unpaired) electrons. The summed E-state index contributed by atoms with van der Waals surface area (Å²) in [5.41, 5.74) is 11.8. The molecule has 0 unspecified atom stereocenters. The molecule has 0 heterocycles. The summed E-state index contributed by atoms with van der Waals surface area (Å²) in [6, 6.07) is 12.3. The van der Waals surface area contributed by atoms with E-state index in [1.807, 2.05) is 0 Å². The second-order valence-corrected chi connectivity index (χ2v) is 10.7. The van der Waals surface area contributed by atoms with E-state index in [0.29, 0.717) is 42.8 Å². The van der Waals surface area contributed by atoms with Crippen LogP contribution in [0.4, 0.5) is 11.4 Å². The third-order valence-electron chi connectivity index (χ3n) is 2.16. The number of hydrogen-bond acceptors (Lipinski definition) is 8. The van der Waals surface area contributed by atoms with E-state index in [4.69, 9.17) is 20.6 Å². The van der Waals surface area contributed by atoms with Crippen molar-refractivity contribution in [3.63, 3.8) is 0 Å².